The summed E-state index contributed by atoms with van der Waals surface area (Å²) in [4.78, 5) is 16.8. The Bertz CT molecular complexity index is 1180. The van der Waals surface area contributed by atoms with E-state index >= 15 is 0 Å². The van der Waals surface area contributed by atoms with Crippen LogP contribution in [0, 0.1) is 0 Å². The van der Waals surface area contributed by atoms with Gasteiger partial charge in [-0.25, -0.2) is 13.2 Å². The first-order chi connectivity index (χ1) is 14.7. The highest BCUT2D eigenvalue weighted by Gasteiger charge is 2.27. The first kappa shape index (κ1) is 22.9. The van der Waals surface area contributed by atoms with Crippen molar-refractivity contribution in [2.24, 2.45) is 7.05 Å². The Balaban J connectivity index is 1.79. The number of hydrogen-bond acceptors (Lipinski definition) is 5. The maximum absolute atomic E-state index is 13.0. The molecule has 3 rings (SSSR count). The lowest BCUT2D eigenvalue weighted by atomic mass is 10.2. The summed E-state index contributed by atoms with van der Waals surface area (Å²) in [6.07, 6.45) is 4.03. The van der Waals surface area contributed by atoms with Gasteiger partial charge in [-0.3, -0.25) is 4.79 Å². The molecule has 0 saturated carbocycles. The predicted molar refractivity (Wildman–Crippen MR) is 117 cm³/mol. The Hall–Kier alpha value is -2.76. The average molecular weight is 464 g/mol. The monoisotopic (exact) mass is 463 g/mol. The number of rotatable bonds is 9. The number of carbonyl (C=O) groups is 1. The minimum absolute atomic E-state index is 0.0530. The molecule has 0 bridgehead atoms. The molecule has 2 aromatic heterocycles. The van der Waals surface area contributed by atoms with Gasteiger partial charge in [-0.05, 0) is 37.1 Å². The van der Waals surface area contributed by atoms with Gasteiger partial charge >= 0.3 is 10.2 Å². The molecule has 0 spiro atoms. The minimum atomic E-state index is -3.94. The van der Waals surface area contributed by atoms with Gasteiger partial charge in [-0.1, -0.05) is 18.2 Å². The highest BCUT2D eigenvalue weighted by Crippen LogP contribution is 2.21. The third-order valence-corrected chi connectivity index (χ3v) is 7.87. The van der Waals surface area contributed by atoms with Crippen LogP contribution in [0.15, 0.2) is 64.9 Å². The largest absolute Gasteiger partial charge is 0.351 e. The molecule has 166 valence electrons. The summed E-state index contributed by atoms with van der Waals surface area (Å²) in [6, 6.07) is 12.1. The van der Waals surface area contributed by atoms with Crippen molar-refractivity contribution in [3.63, 3.8) is 0 Å². The topological polar surface area (TPSA) is 106 Å². The SMILES string of the molecule is CN(C)S(=O)(=O)n1c(CCCNC(=O)c2cccn2C)cnc1S(=O)c1ccccc1. The van der Waals surface area contributed by atoms with E-state index in [0.29, 0.717) is 35.7 Å². The molecule has 1 amide bonds. The van der Waals surface area contributed by atoms with Gasteiger partial charge in [-0.15, -0.1) is 0 Å². The molecule has 0 aliphatic rings. The summed E-state index contributed by atoms with van der Waals surface area (Å²) in [5.41, 5.74) is 0.946. The zero-order chi connectivity index (χ0) is 22.6. The fourth-order valence-electron chi connectivity index (χ4n) is 2.97. The van der Waals surface area contributed by atoms with E-state index in [1.165, 1.54) is 20.3 Å². The van der Waals surface area contributed by atoms with Crippen LogP contribution in [0.2, 0.25) is 0 Å². The molecular formula is C20H25N5O4S2. The van der Waals surface area contributed by atoms with Gasteiger partial charge in [0.25, 0.3) is 5.91 Å². The number of carbonyl (C=O) groups excluding carboxylic acids is 1. The lowest BCUT2D eigenvalue weighted by Crippen LogP contribution is -2.32. The second-order valence-electron chi connectivity index (χ2n) is 7.03. The molecule has 2 heterocycles. The van der Waals surface area contributed by atoms with Crippen molar-refractivity contribution >= 4 is 26.9 Å². The summed E-state index contributed by atoms with van der Waals surface area (Å²) in [5, 5.41) is 2.77. The second kappa shape index (κ2) is 9.58. The molecule has 0 radical (unpaired) electrons. The van der Waals surface area contributed by atoms with Crippen LogP contribution in [0.25, 0.3) is 0 Å². The van der Waals surface area contributed by atoms with Crippen molar-refractivity contribution in [2.45, 2.75) is 22.9 Å². The third kappa shape index (κ3) is 4.94. The highest BCUT2D eigenvalue weighted by atomic mass is 32.2. The average Bonchev–Trinajstić information content (AvgIpc) is 3.37. The van der Waals surface area contributed by atoms with Gasteiger partial charge in [0.2, 0.25) is 5.16 Å². The van der Waals surface area contributed by atoms with Gasteiger partial charge in [-0.2, -0.15) is 12.7 Å². The maximum Gasteiger partial charge on any atom is 0.309 e. The van der Waals surface area contributed by atoms with Crippen molar-refractivity contribution in [1.82, 2.24) is 23.1 Å². The quantitative estimate of drug-likeness (QED) is 0.483. The van der Waals surface area contributed by atoms with Crippen molar-refractivity contribution in [3.05, 3.63) is 66.2 Å². The number of nitrogens with zero attached hydrogens (tertiary/aromatic N) is 4. The van der Waals surface area contributed by atoms with Crippen LogP contribution in [0.1, 0.15) is 22.6 Å². The molecular weight excluding hydrogens is 438 g/mol. The zero-order valence-electron chi connectivity index (χ0n) is 17.6. The van der Waals surface area contributed by atoms with Crippen molar-refractivity contribution in [3.8, 4) is 0 Å². The molecule has 1 N–H and O–H groups in total. The number of aryl methyl sites for hydroxylation is 2. The van der Waals surface area contributed by atoms with Crippen LogP contribution < -0.4 is 5.32 Å². The molecule has 0 aliphatic heterocycles. The highest BCUT2D eigenvalue weighted by molar-refractivity contribution is 7.89. The van der Waals surface area contributed by atoms with Gasteiger partial charge in [0.15, 0.2) is 0 Å². The minimum Gasteiger partial charge on any atom is -0.351 e. The van der Waals surface area contributed by atoms with Gasteiger partial charge in [0, 0.05) is 38.8 Å². The maximum atomic E-state index is 13.0. The van der Waals surface area contributed by atoms with E-state index in [2.05, 4.69) is 10.3 Å². The van der Waals surface area contributed by atoms with Crippen molar-refractivity contribution < 1.29 is 17.4 Å². The molecule has 1 atom stereocenters. The Morgan fingerprint density at radius 3 is 2.48 bits per heavy atom. The molecule has 0 saturated heterocycles. The number of hydrogen-bond donors (Lipinski definition) is 1. The molecule has 1 aromatic carbocycles. The van der Waals surface area contributed by atoms with E-state index in [4.69, 9.17) is 0 Å². The van der Waals surface area contributed by atoms with Crippen molar-refractivity contribution in [1.29, 1.82) is 0 Å². The molecule has 31 heavy (non-hydrogen) atoms. The molecule has 11 heteroatoms. The predicted octanol–water partition coefficient (Wildman–Crippen LogP) is 1.41. The number of amides is 1. The van der Waals surface area contributed by atoms with Crippen LogP contribution in [-0.4, -0.2) is 57.0 Å². The third-order valence-electron chi connectivity index (χ3n) is 4.65. The second-order valence-corrected chi connectivity index (χ2v) is 10.4. The summed E-state index contributed by atoms with van der Waals surface area (Å²) >= 11 is 0. The standard InChI is InChI=1S/C20H25N5O4S2/c1-23(2)31(28,29)25-16(9-7-13-21-19(26)18-12-8-14-24(18)3)15-22-20(25)30(27)17-10-5-4-6-11-17/h4-6,8,10-12,14-15H,7,9,13H2,1-3H3,(H,21,26). The van der Waals surface area contributed by atoms with E-state index in [0.717, 1.165) is 8.28 Å². The molecule has 0 aliphatic carbocycles. The summed E-state index contributed by atoms with van der Waals surface area (Å²) in [6.45, 7) is 0.355. The van der Waals surface area contributed by atoms with Gasteiger partial charge in [0.05, 0.1) is 11.9 Å². The summed E-state index contributed by atoms with van der Waals surface area (Å²) in [7, 11) is -1.10. The van der Waals surface area contributed by atoms with Crippen LogP contribution >= 0.6 is 0 Å². The van der Waals surface area contributed by atoms with Crippen LogP contribution in [-0.2, 0) is 34.5 Å². The van der Waals surface area contributed by atoms with Gasteiger partial charge < -0.3 is 9.88 Å². The smallest absolute Gasteiger partial charge is 0.309 e. The van der Waals surface area contributed by atoms with Crippen molar-refractivity contribution in [2.75, 3.05) is 20.6 Å². The van der Waals surface area contributed by atoms with E-state index in [1.54, 1.807) is 60.3 Å². The molecule has 9 nitrogen and oxygen atoms in total. The number of nitrogens with one attached hydrogen (secondary N) is 1. The van der Waals surface area contributed by atoms with E-state index in [9.17, 15) is 17.4 Å². The number of benzene rings is 1. The Labute approximate surface area is 184 Å². The fourth-order valence-corrected chi connectivity index (χ4v) is 5.49. The molecule has 0 fully saturated rings. The van der Waals surface area contributed by atoms with E-state index in [1.807, 2.05) is 0 Å². The first-order valence-corrected chi connectivity index (χ1v) is 12.1. The lowest BCUT2D eigenvalue weighted by molar-refractivity contribution is 0.0945. The Morgan fingerprint density at radius 2 is 1.87 bits per heavy atom. The number of imidazole rings is 1. The Morgan fingerprint density at radius 1 is 1.16 bits per heavy atom. The normalized spacial score (nSPS) is 12.8. The number of aromatic nitrogens is 3. The lowest BCUT2D eigenvalue weighted by Gasteiger charge is -2.17. The van der Waals surface area contributed by atoms with E-state index in [-0.39, 0.29) is 11.1 Å². The summed E-state index contributed by atoms with van der Waals surface area (Å²) < 4.78 is 42.7. The van der Waals surface area contributed by atoms with Crippen LogP contribution in [0.5, 0.6) is 0 Å². The van der Waals surface area contributed by atoms with E-state index < -0.39 is 21.0 Å². The zero-order valence-corrected chi connectivity index (χ0v) is 19.2. The fraction of sp³-hybridized carbons (Fsp3) is 0.300. The van der Waals surface area contributed by atoms with Crippen LogP contribution in [0.4, 0.5) is 0 Å². The van der Waals surface area contributed by atoms with Gasteiger partial charge in [0.1, 0.15) is 16.5 Å². The van der Waals surface area contributed by atoms with Crippen LogP contribution in [0.3, 0.4) is 0 Å². The molecule has 3 aromatic rings. The first-order valence-electron chi connectivity index (χ1n) is 9.59. The molecule has 1 unspecified atom stereocenters. The summed E-state index contributed by atoms with van der Waals surface area (Å²) in [5.74, 6) is -0.201. The Kier molecular flexibility index (Phi) is 7.08.